The summed E-state index contributed by atoms with van der Waals surface area (Å²) in [7, 11) is 0. The Morgan fingerprint density at radius 3 is 2.59 bits per heavy atom. The first-order chi connectivity index (χ1) is 10.5. The minimum absolute atomic E-state index is 0.0628. The molecule has 0 saturated carbocycles. The molecule has 0 saturated heterocycles. The van der Waals surface area contributed by atoms with E-state index in [2.05, 4.69) is 22.0 Å². The van der Waals surface area contributed by atoms with Crippen LogP contribution in [0.25, 0.3) is 11.6 Å². The summed E-state index contributed by atoms with van der Waals surface area (Å²) in [5, 5.41) is 19.3. The lowest BCUT2D eigenvalue weighted by Gasteiger charge is -2.09. The molecule has 2 aromatic rings. The highest BCUT2D eigenvalue weighted by Gasteiger charge is 2.09. The third-order valence-electron chi connectivity index (χ3n) is 3.14. The van der Waals surface area contributed by atoms with Crippen LogP contribution in [-0.4, -0.2) is 11.7 Å². The lowest BCUT2D eigenvalue weighted by Crippen LogP contribution is -1.93. The number of aromatic hydroxyl groups is 1. The van der Waals surface area contributed by atoms with Crippen LogP contribution in [0.3, 0.4) is 0 Å². The summed E-state index contributed by atoms with van der Waals surface area (Å²) in [5.74, 6) is 0.456. The number of halogens is 1. The Morgan fingerprint density at radius 1 is 1.32 bits per heavy atom. The smallest absolute Gasteiger partial charge is 0.172 e. The fraction of sp³-hybridized carbons (Fsp3) is 0.167. The number of rotatable bonds is 4. The van der Waals surface area contributed by atoms with Gasteiger partial charge in [-0.3, -0.25) is 0 Å². The molecule has 1 N–H and O–H groups in total. The highest BCUT2D eigenvalue weighted by Crippen LogP contribution is 2.36. The van der Waals surface area contributed by atoms with Gasteiger partial charge in [0.25, 0.3) is 0 Å². The van der Waals surface area contributed by atoms with Crippen molar-refractivity contribution < 1.29 is 9.84 Å². The molecule has 0 aromatic heterocycles. The van der Waals surface area contributed by atoms with Crippen molar-refractivity contribution >= 4 is 27.6 Å². The summed E-state index contributed by atoms with van der Waals surface area (Å²) in [6.45, 7) is 4.31. The van der Waals surface area contributed by atoms with Gasteiger partial charge in [0.15, 0.2) is 11.5 Å². The van der Waals surface area contributed by atoms with Crippen LogP contribution in [0.5, 0.6) is 11.5 Å². The minimum atomic E-state index is 0.0628. The summed E-state index contributed by atoms with van der Waals surface area (Å²) in [5.41, 5.74) is 3.34. The third-order valence-corrected chi connectivity index (χ3v) is 3.75. The van der Waals surface area contributed by atoms with Crippen molar-refractivity contribution in [1.82, 2.24) is 0 Å². The first kappa shape index (κ1) is 16.1. The fourth-order valence-electron chi connectivity index (χ4n) is 2.02. The van der Waals surface area contributed by atoms with Crippen molar-refractivity contribution in [1.29, 1.82) is 5.26 Å². The van der Waals surface area contributed by atoms with Gasteiger partial charge in [-0.1, -0.05) is 29.8 Å². The summed E-state index contributed by atoms with van der Waals surface area (Å²) in [4.78, 5) is 0. The number of phenols is 1. The average Bonchev–Trinajstić information content (AvgIpc) is 2.51. The van der Waals surface area contributed by atoms with Gasteiger partial charge in [0.2, 0.25) is 0 Å². The molecule has 0 aliphatic rings. The molecule has 2 aromatic carbocycles. The summed E-state index contributed by atoms with van der Waals surface area (Å²) in [6, 6.07) is 13.5. The van der Waals surface area contributed by atoms with E-state index in [1.807, 2.05) is 38.1 Å². The zero-order chi connectivity index (χ0) is 16.1. The Kier molecular flexibility index (Phi) is 5.24. The van der Waals surface area contributed by atoms with E-state index >= 15 is 0 Å². The van der Waals surface area contributed by atoms with Gasteiger partial charge >= 0.3 is 0 Å². The predicted molar refractivity (Wildman–Crippen MR) is 91.6 cm³/mol. The summed E-state index contributed by atoms with van der Waals surface area (Å²) >= 11 is 3.30. The maximum absolute atomic E-state index is 9.93. The van der Waals surface area contributed by atoms with Crippen LogP contribution >= 0.6 is 15.9 Å². The highest BCUT2D eigenvalue weighted by molar-refractivity contribution is 9.10. The Hall–Kier alpha value is -2.25. The number of nitriles is 1. The molecular formula is C18H16BrNO2. The molecule has 22 heavy (non-hydrogen) atoms. The number of hydrogen-bond acceptors (Lipinski definition) is 3. The molecule has 0 spiro atoms. The van der Waals surface area contributed by atoms with Crippen LogP contribution in [0.4, 0.5) is 0 Å². The van der Waals surface area contributed by atoms with Gasteiger partial charge in [-0.15, -0.1) is 0 Å². The van der Waals surface area contributed by atoms with E-state index in [-0.39, 0.29) is 5.75 Å². The molecule has 0 aliphatic heterocycles. The van der Waals surface area contributed by atoms with Crippen molar-refractivity contribution in [2.24, 2.45) is 0 Å². The van der Waals surface area contributed by atoms with Crippen molar-refractivity contribution in [3.63, 3.8) is 0 Å². The first-order valence-corrected chi connectivity index (χ1v) is 7.68. The standard InChI is InChI=1S/C18H16BrNO2/c1-3-22-17-10-13(9-16(19)18(17)21)8-15(11-20)14-6-4-12(2)5-7-14/h4-10,21H,3H2,1-2H3/b15-8+. The SMILES string of the molecule is CCOc1cc(/C=C(\C#N)c2ccc(C)cc2)cc(Br)c1O. The van der Waals surface area contributed by atoms with E-state index in [4.69, 9.17) is 4.74 Å². The van der Waals surface area contributed by atoms with Crippen LogP contribution in [0.15, 0.2) is 40.9 Å². The number of ether oxygens (including phenoxy) is 1. The Labute approximate surface area is 138 Å². The fourth-order valence-corrected chi connectivity index (χ4v) is 2.48. The maximum atomic E-state index is 9.93. The van der Waals surface area contributed by atoms with Gasteiger partial charge in [-0.2, -0.15) is 5.26 Å². The summed E-state index contributed by atoms with van der Waals surface area (Å²) in [6.07, 6.45) is 1.78. The molecule has 0 atom stereocenters. The normalized spacial score (nSPS) is 11.1. The van der Waals surface area contributed by atoms with Crippen molar-refractivity contribution in [3.05, 3.63) is 57.6 Å². The first-order valence-electron chi connectivity index (χ1n) is 6.89. The molecule has 4 heteroatoms. The second kappa shape index (κ2) is 7.15. The highest BCUT2D eigenvalue weighted by atomic mass is 79.9. The van der Waals surface area contributed by atoms with Gasteiger partial charge < -0.3 is 9.84 Å². The number of aryl methyl sites for hydroxylation is 1. The quantitative estimate of drug-likeness (QED) is 0.623. The largest absolute Gasteiger partial charge is 0.503 e. The van der Waals surface area contributed by atoms with Crippen LogP contribution in [-0.2, 0) is 0 Å². The molecule has 0 heterocycles. The zero-order valence-corrected chi connectivity index (χ0v) is 14.0. The Bertz CT molecular complexity index is 743. The van der Waals surface area contributed by atoms with Crippen LogP contribution < -0.4 is 4.74 Å². The van der Waals surface area contributed by atoms with Gasteiger partial charge in [0.1, 0.15) is 0 Å². The number of allylic oxidation sites excluding steroid dienone is 1. The van der Waals surface area contributed by atoms with Gasteiger partial charge in [0, 0.05) is 0 Å². The lowest BCUT2D eigenvalue weighted by atomic mass is 10.0. The van der Waals surface area contributed by atoms with E-state index in [0.717, 1.165) is 16.7 Å². The average molecular weight is 358 g/mol. The molecule has 2 rings (SSSR count). The number of benzene rings is 2. The molecule has 0 unspecified atom stereocenters. The van der Waals surface area contributed by atoms with Crippen molar-refractivity contribution in [2.75, 3.05) is 6.61 Å². The Morgan fingerprint density at radius 2 is 2.00 bits per heavy atom. The topological polar surface area (TPSA) is 53.2 Å². The second-order valence-corrected chi connectivity index (χ2v) is 5.67. The molecule has 0 radical (unpaired) electrons. The second-order valence-electron chi connectivity index (χ2n) is 4.82. The molecule has 3 nitrogen and oxygen atoms in total. The van der Waals surface area contributed by atoms with E-state index in [9.17, 15) is 10.4 Å². The van der Waals surface area contributed by atoms with Gasteiger partial charge in [-0.05, 0) is 59.1 Å². The molecule has 112 valence electrons. The summed E-state index contributed by atoms with van der Waals surface area (Å²) < 4.78 is 5.94. The molecule has 0 bridgehead atoms. The van der Waals surface area contributed by atoms with Crippen LogP contribution in [0, 0.1) is 18.3 Å². The number of nitrogens with zero attached hydrogens (tertiary/aromatic N) is 1. The Balaban J connectivity index is 2.46. The molecule has 0 fully saturated rings. The van der Waals surface area contributed by atoms with Crippen molar-refractivity contribution in [2.45, 2.75) is 13.8 Å². The van der Waals surface area contributed by atoms with E-state index < -0.39 is 0 Å². The minimum Gasteiger partial charge on any atom is -0.503 e. The lowest BCUT2D eigenvalue weighted by molar-refractivity contribution is 0.317. The van der Waals surface area contributed by atoms with Crippen LogP contribution in [0.2, 0.25) is 0 Å². The van der Waals surface area contributed by atoms with Gasteiger partial charge in [-0.25, -0.2) is 0 Å². The maximum Gasteiger partial charge on any atom is 0.172 e. The van der Waals surface area contributed by atoms with Crippen molar-refractivity contribution in [3.8, 4) is 17.6 Å². The third kappa shape index (κ3) is 3.69. The molecule has 0 amide bonds. The van der Waals surface area contributed by atoms with E-state index in [0.29, 0.717) is 22.4 Å². The monoisotopic (exact) mass is 357 g/mol. The number of phenolic OH excluding ortho intramolecular Hbond substituents is 1. The zero-order valence-electron chi connectivity index (χ0n) is 12.4. The number of hydrogen-bond donors (Lipinski definition) is 1. The predicted octanol–water partition coefficient (Wildman–Crippen LogP) is 4.93. The van der Waals surface area contributed by atoms with E-state index in [1.165, 1.54) is 0 Å². The van der Waals surface area contributed by atoms with Crippen LogP contribution in [0.1, 0.15) is 23.6 Å². The van der Waals surface area contributed by atoms with Gasteiger partial charge in [0.05, 0.1) is 22.7 Å². The molecular weight excluding hydrogens is 342 g/mol. The molecule has 0 aliphatic carbocycles. The van der Waals surface area contributed by atoms with E-state index in [1.54, 1.807) is 18.2 Å².